The van der Waals surface area contributed by atoms with Crippen LogP contribution in [0.2, 0.25) is 0 Å². The second-order valence-electron chi connectivity index (χ2n) is 4.28. The molecule has 1 rings (SSSR count). The Morgan fingerprint density at radius 2 is 2.29 bits per heavy atom. The fraction of sp³-hybridized carbons (Fsp3) is 0.750. The topological polar surface area (TPSA) is 20.3 Å². The largest absolute Gasteiger partial charge is 0.336 e. The van der Waals surface area contributed by atoms with Gasteiger partial charge < -0.3 is 4.90 Å². The number of hydrogen-bond donors (Lipinski definition) is 0. The monoisotopic (exact) mass is 195 g/mol. The maximum atomic E-state index is 11.5. The first-order valence-electron chi connectivity index (χ1n) is 5.62. The van der Waals surface area contributed by atoms with Crippen LogP contribution >= 0.6 is 0 Å². The number of nitrogens with zero attached hydrogens (tertiary/aromatic N) is 1. The summed E-state index contributed by atoms with van der Waals surface area (Å²) in [6, 6.07) is 0.397. The van der Waals surface area contributed by atoms with Gasteiger partial charge in [0.1, 0.15) is 0 Å². The Morgan fingerprint density at radius 1 is 1.57 bits per heavy atom. The summed E-state index contributed by atoms with van der Waals surface area (Å²) < 4.78 is 0. The minimum absolute atomic E-state index is 0.0957. The van der Waals surface area contributed by atoms with Crippen molar-refractivity contribution in [1.82, 2.24) is 4.90 Å². The Labute approximate surface area is 87.0 Å². The first-order chi connectivity index (χ1) is 6.69. The molecule has 1 aliphatic rings. The van der Waals surface area contributed by atoms with E-state index in [1.54, 1.807) is 0 Å². The Balaban J connectivity index is 2.54. The van der Waals surface area contributed by atoms with Gasteiger partial charge >= 0.3 is 0 Å². The second-order valence-corrected chi connectivity index (χ2v) is 4.28. The zero-order valence-corrected chi connectivity index (χ0v) is 9.33. The van der Waals surface area contributed by atoms with E-state index in [9.17, 15) is 4.79 Å². The molecule has 0 aromatic heterocycles. The van der Waals surface area contributed by atoms with Gasteiger partial charge in [-0.2, -0.15) is 0 Å². The van der Waals surface area contributed by atoms with E-state index in [0.717, 1.165) is 13.0 Å². The highest BCUT2D eigenvalue weighted by Crippen LogP contribution is 2.25. The normalized spacial score (nSPS) is 27.4. The quantitative estimate of drug-likeness (QED) is 0.634. The van der Waals surface area contributed by atoms with Crippen LogP contribution in [0, 0.1) is 5.92 Å². The van der Waals surface area contributed by atoms with Gasteiger partial charge in [-0.15, -0.1) is 0 Å². The maximum absolute atomic E-state index is 11.5. The number of amides is 1. The third-order valence-electron chi connectivity index (χ3n) is 3.13. The Kier molecular flexibility index (Phi) is 4.18. The average molecular weight is 195 g/mol. The van der Waals surface area contributed by atoms with Crippen molar-refractivity contribution >= 4 is 5.91 Å². The van der Waals surface area contributed by atoms with E-state index in [-0.39, 0.29) is 5.91 Å². The van der Waals surface area contributed by atoms with Gasteiger partial charge in [0, 0.05) is 12.6 Å². The van der Waals surface area contributed by atoms with Crippen LogP contribution in [0.4, 0.5) is 0 Å². The van der Waals surface area contributed by atoms with Crippen molar-refractivity contribution < 1.29 is 4.79 Å². The van der Waals surface area contributed by atoms with E-state index in [2.05, 4.69) is 20.4 Å². The molecule has 0 spiro atoms. The van der Waals surface area contributed by atoms with Crippen LogP contribution in [0.1, 0.15) is 39.5 Å². The fourth-order valence-electron chi connectivity index (χ4n) is 2.25. The van der Waals surface area contributed by atoms with Gasteiger partial charge in [0.15, 0.2) is 0 Å². The van der Waals surface area contributed by atoms with Crippen molar-refractivity contribution in [3.8, 4) is 0 Å². The summed E-state index contributed by atoms with van der Waals surface area (Å²) in [7, 11) is 0. The molecule has 1 aliphatic heterocycles. The summed E-state index contributed by atoms with van der Waals surface area (Å²) in [6.07, 6.45) is 6.31. The van der Waals surface area contributed by atoms with Crippen molar-refractivity contribution in [3.05, 3.63) is 12.7 Å². The molecule has 80 valence electrons. The van der Waals surface area contributed by atoms with Crippen molar-refractivity contribution in [2.75, 3.05) is 6.54 Å². The lowest BCUT2D eigenvalue weighted by Crippen LogP contribution is -2.44. The van der Waals surface area contributed by atoms with E-state index in [4.69, 9.17) is 0 Å². The van der Waals surface area contributed by atoms with Crippen molar-refractivity contribution in [2.45, 2.75) is 45.6 Å². The van der Waals surface area contributed by atoms with Crippen LogP contribution in [-0.4, -0.2) is 23.4 Å². The van der Waals surface area contributed by atoms with E-state index in [0.29, 0.717) is 12.0 Å². The molecule has 1 fully saturated rings. The lowest BCUT2D eigenvalue weighted by atomic mass is 9.90. The average Bonchev–Trinajstić information content (AvgIpc) is 2.20. The number of piperidine rings is 1. The summed E-state index contributed by atoms with van der Waals surface area (Å²) in [5.74, 6) is 0.804. The fourth-order valence-corrected chi connectivity index (χ4v) is 2.25. The molecule has 2 unspecified atom stereocenters. The Morgan fingerprint density at radius 3 is 2.86 bits per heavy atom. The summed E-state index contributed by atoms with van der Waals surface area (Å²) in [5, 5.41) is 0. The smallest absolute Gasteiger partial charge is 0.246 e. The minimum Gasteiger partial charge on any atom is -0.336 e. The van der Waals surface area contributed by atoms with E-state index >= 15 is 0 Å². The van der Waals surface area contributed by atoms with Crippen LogP contribution in [0.5, 0.6) is 0 Å². The lowest BCUT2D eigenvalue weighted by molar-refractivity contribution is -0.130. The number of carbonyl (C=O) groups is 1. The molecule has 2 heteroatoms. The zero-order valence-electron chi connectivity index (χ0n) is 9.33. The first kappa shape index (κ1) is 11.3. The molecule has 14 heavy (non-hydrogen) atoms. The molecule has 1 amide bonds. The van der Waals surface area contributed by atoms with Crippen molar-refractivity contribution in [2.24, 2.45) is 5.92 Å². The minimum atomic E-state index is 0.0957. The van der Waals surface area contributed by atoms with Gasteiger partial charge in [-0.05, 0) is 38.2 Å². The molecule has 0 aromatic carbocycles. The SMILES string of the molecule is C=CC(=O)N1CC(CCC)CCC1C. The molecule has 2 nitrogen and oxygen atoms in total. The van der Waals surface area contributed by atoms with Crippen LogP contribution in [-0.2, 0) is 4.79 Å². The number of hydrogen-bond acceptors (Lipinski definition) is 1. The van der Waals surface area contributed by atoms with Crippen molar-refractivity contribution in [1.29, 1.82) is 0 Å². The van der Waals surface area contributed by atoms with Crippen LogP contribution in [0.25, 0.3) is 0 Å². The zero-order chi connectivity index (χ0) is 10.6. The Hall–Kier alpha value is -0.790. The molecule has 1 heterocycles. The number of rotatable bonds is 3. The third-order valence-corrected chi connectivity index (χ3v) is 3.13. The summed E-state index contributed by atoms with van der Waals surface area (Å²) in [5.41, 5.74) is 0. The molecule has 0 aromatic rings. The van der Waals surface area contributed by atoms with E-state index in [1.165, 1.54) is 25.3 Å². The van der Waals surface area contributed by atoms with E-state index < -0.39 is 0 Å². The highest BCUT2D eigenvalue weighted by molar-refractivity contribution is 5.87. The molecule has 0 saturated carbocycles. The number of carbonyl (C=O) groups excluding carboxylic acids is 1. The van der Waals surface area contributed by atoms with Gasteiger partial charge in [0.2, 0.25) is 5.91 Å². The predicted octanol–water partition coefficient (Wildman–Crippen LogP) is 2.60. The summed E-state index contributed by atoms with van der Waals surface area (Å²) in [4.78, 5) is 13.5. The highest BCUT2D eigenvalue weighted by Gasteiger charge is 2.26. The van der Waals surface area contributed by atoms with Gasteiger partial charge in [-0.25, -0.2) is 0 Å². The molecule has 2 atom stereocenters. The molecule has 0 bridgehead atoms. The number of likely N-dealkylation sites (tertiary alicyclic amines) is 1. The molecule has 0 radical (unpaired) electrons. The summed E-state index contributed by atoms with van der Waals surface area (Å²) >= 11 is 0. The second kappa shape index (κ2) is 5.18. The van der Waals surface area contributed by atoms with Crippen LogP contribution in [0.15, 0.2) is 12.7 Å². The van der Waals surface area contributed by atoms with Gasteiger partial charge in [-0.3, -0.25) is 4.79 Å². The first-order valence-corrected chi connectivity index (χ1v) is 5.62. The predicted molar refractivity (Wildman–Crippen MR) is 59.0 cm³/mol. The van der Waals surface area contributed by atoms with Gasteiger partial charge in [-0.1, -0.05) is 19.9 Å². The maximum Gasteiger partial charge on any atom is 0.246 e. The van der Waals surface area contributed by atoms with Crippen LogP contribution < -0.4 is 0 Å². The van der Waals surface area contributed by atoms with Crippen molar-refractivity contribution in [3.63, 3.8) is 0 Å². The van der Waals surface area contributed by atoms with Gasteiger partial charge in [0.25, 0.3) is 0 Å². The molecular formula is C12H21NO. The highest BCUT2D eigenvalue weighted by atomic mass is 16.2. The molecule has 0 N–H and O–H groups in total. The summed E-state index contributed by atoms with van der Waals surface area (Å²) in [6.45, 7) is 8.82. The lowest BCUT2D eigenvalue weighted by Gasteiger charge is -2.37. The molecule has 1 saturated heterocycles. The van der Waals surface area contributed by atoms with E-state index in [1.807, 2.05) is 4.90 Å². The molecular weight excluding hydrogens is 174 g/mol. The third kappa shape index (κ3) is 2.60. The standard InChI is InChI=1S/C12H21NO/c1-4-6-11-8-7-10(3)13(9-11)12(14)5-2/h5,10-11H,2,4,6-9H2,1,3H3. The molecule has 0 aliphatic carbocycles. The Bertz CT molecular complexity index is 212. The van der Waals surface area contributed by atoms with Crippen LogP contribution in [0.3, 0.4) is 0 Å². The van der Waals surface area contributed by atoms with Gasteiger partial charge in [0.05, 0.1) is 0 Å².